The molecule has 0 radical (unpaired) electrons. The van der Waals surface area contributed by atoms with Crippen LogP contribution >= 0.6 is 15.9 Å². The minimum absolute atomic E-state index is 0.148. The third-order valence-corrected chi connectivity index (χ3v) is 4.94. The molecule has 0 aliphatic carbocycles. The van der Waals surface area contributed by atoms with Crippen LogP contribution in [0, 0.1) is 6.92 Å². The van der Waals surface area contributed by atoms with E-state index in [0.29, 0.717) is 16.9 Å². The van der Waals surface area contributed by atoms with E-state index in [-0.39, 0.29) is 5.75 Å². The molecule has 0 spiro atoms. The number of sulfonamides is 1. The van der Waals surface area contributed by atoms with Crippen molar-refractivity contribution < 1.29 is 8.42 Å². The van der Waals surface area contributed by atoms with E-state index in [4.69, 9.17) is 5.73 Å². The summed E-state index contributed by atoms with van der Waals surface area (Å²) in [6.07, 6.45) is 0. The number of hydrogen-bond acceptors (Lipinski definition) is 3. The Morgan fingerprint density at radius 1 is 1.20 bits per heavy atom. The maximum Gasteiger partial charge on any atom is 0.236 e. The number of rotatable bonds is 4. The largest absolute Gasteiger partial charge is 0.398 e. The maximum atomic E-state index is 12.1. The SMILES string of the molecule is Cc1ccc(NS(=O)(=O)Cc2ccccc2N)cc1Br. The Kier molecular flexibility index (Phi) is 4.35. The first-order valence-corrected chi connectivity index (χ1v) is 8.42. The van der Waals surface area contributed by atoms with Crippen molar-refractivity contribution in [1.82, 2.24) is 0 Å². The third-order valence-electron chi connectivity index (χ3n) is 2.85. The average molecular weight is 355 g/mol. The van der Waals surface area contributed by atoms with Crippen LogP contribution < -0.4 is 10.5 Å². The van der Waals surface area contributed by atoms with Crippen molar-refractivity contribution in [2.24, 2.45) is 0 Å². The first kappa shape index (κ1) is 14.9. The summed E-state index contributed by atoms with van der Waals surface area (Å²) in [5, 5.41) is 0. The quantitative estimate of drug-likeness (QED) is 0.827. The molecule has 0 aromatic heterocycles. The molecule has 0 atom stereocenters. The van der Waals surface area contributed by atoms with Gasteiger partial charge in [0.25, 0.3) is 0 Å². The van der Waals surface area contributed by atoms with Crippen LogP contribution in [0.25, 0.3) is 0 Å². The zero-order valence-corrected chi connectivity index (χ0v) is 13.3. The number of para-hydroxylation sites is 1. The zero-order valence-electron chi connectivity index (χ0n) is 10.9. The first-order valence-electron chi connectivity index (χ1n) is 5.97. The molecule has 0 heterocycles. The Morgan fingerprint density at radius 2 is 1.90 bits per heavy atom. The number of benzene rings is 2. The summed E-state index contributed by atoms with van der Waals surface area (Å²) in [5.41, 5.74) is 8.40. The molecule has 0 fully saturated rings. The molecule has 0 unspecified atom stereocenters. The molecule has 0 aliphatic rings. The molecule has 4 nitrogen and oxygen atoms in total. The van der Waals surface area contributed by atoms with Gasteiger partial charge in [0, 0.05) is 15.8 Å². The van der Waals surface area contributed by atoms with Gasteiger partial charge in [0.05, 0.1) is 5.75 Å². The molecule has 2 aromatic rings. The minimum atomic E-state index is -3.49. The molecule has 6 heteroatoms. The van der Waals surface area contributed by atoms with E-state index >= 15 is 0 Å². The number of nitrogen functional groups attached to an aromatic ring is 1. The zero-order chi connectivity index (χ0) is 14.8. The molecule has 3 N–H and O–H groups in total. The van der Waals surface area contributed by atoms with Gasteiger partial charge in [-0.25, -0.2) is 8.42 Å². The van der Waals surface area contributed by atoms with Crippen LogP contribution in [0.3, 0.4) is 0 Å². The highest BCUT2D eigenvalue weighted by atomic mass is 79.9. The van der Waals surface area contributed by atoms with E-state index in [1.807, 2.05) is 13.0 Å². The van der Waals surface area contributed by atoms with Crippen molar-refractivity contribution in [1.29, 1.82) is 0 Å². The highest BCUT2D eigenvalue weighted by Crippen LogP contribution is 2.22. The Labute approximate surface area is 127 Å². The van der Waals surface area contributed by atoms with Crippen LogP contribution in [0.1, 0.15) is 11.1 Å². The molecule has 0 saturated heterocycles. The standard InChI is InChI=1S/C14H15BrN2O2S/c1-10-6-7-12(8-13(10)15)17-20(18,19)9-11-4-2-3-5-14(11)16/h2-8,17H,9,16H2,1H3. The molecule has 0 aliphatic heterocycles. The van der Waals surface area contributed by atoms with Crippen LogP contribution in [0.4, 0.5) is 11.4 Å². The fourth-order valence-electron chi connectivity index (χ4n) is 1.74. The highest BCUT2D eigenvalue weighted by Gasteiger charge is 2.13. The van der Waals surface area contributed by atoms with Crippen molar-refractivity contribution in [2.75, 3.05) is 10.5 Å². The Morgan fingerprint density at radius 3 is 2.55 bits per heavy atom. The van der Waals surface area contributed by atoms with Gasteiger partial charge in [0.15, 0.2) is 0 Å². The molecule has 0 amide bonds. The van der Waals surface area contributed by atoms with Gasteiger partial charge < -0.3 is 5.73 Å². The van der Waals surface area contributed by atoms with Gasteiger partial charge in [0.1, 0.15) is 0 Å². The monoisotopic (exact) mass is 354 g/mol. The molecule has 0 bridgehead atoms. The molecular formula is C14H15BrN2O2S. The summed E-state index contributed by atoms with van der Waals surface area (Å²) < 4.78 is 27.7. The van der Waals surface area contributed by atoms with E-state index in [0.717, 1.165) is 10.0 Å². The summed E-state index contributed by atoms with van der Waals surface area (Å²) in [5.74, 6) is -0.148. The van der Waals surface area contributed by atoms with E-state index in [2.05, 4.69) is 20.7 Å². The van der Waals surface area contributed by atoms with Gasteiger partial charge in [-0.2, -0.15) is 0 Å². The Hall–Kier alpha value is -1.53. The number of aryl methyl sites for hydroxylation is 1. The normalized spacial score (nSPS) is 11.3. The van der Waals surface area contributed by atoms with Crippen molar-refractivity contribution in [2.45, 2.75) is 12.7 Å². The fourth-order valence-corrected chi connectivity index (χ4v) is 3.35. The van der Waals surface area contributed by atoms with Crippen molar-refractivity contribution >= 4 is 37.3 Å². The molecule has 2 aromatic carbocycles. The minimum Gasteiger partial charge on any atom is -0.398 e. The van der Waals surface area contributed by atoms with Gasteiger partial charge in [-0.3, -0.25) is 4.72 Å². The summed E-state index contributed by atoms with van der Waals surface area (Å²) in [7, 11) is -3.49. The van der Waals surface area contributed by atoms with Crippen LogP contribution in [-0.4, -0.2) is 8.42 Å². The van der Waals surface area contributed by atoms with Crippen LogP contribution in [0.15, 0.2) is 46.9 Å². The molecule has 0 saturated carbocycles. The lowest BCUT2D eigenvalue weighted by Gasteiger charge is -2.10. The van der Waals surface area contributed by atoms with Crippen molar-refractivity contribution in [3.63, 3.8) is 0 Å². The van der Waals surface area contributed by atoms with E-state index in [1.165, 1.54) is 0 Å². The highest BCUT2D eigenvalue weighted by molar-refractivity contribution is 9.10. The molecule has 106 valence electrons. The second-order valence-electron chi connectivity index (χ2n) is 4.52. The van der Waals surface area contributed by atoms with Gasteiger partial charge in [-0.05, 0) is 36.2 Å². The molecule has 20 heavy (non-hydrogen) atoms. The number of halogens is 1. The van der Waals surface area contributed by atoms with Gasteiger partial charge in [-0.15, -0.1) is 0 Å². The number of nitrogens with two attached hydrogens (primary N) is 1. The lowest BCUT2D eigenvalue weighted by molar-refractivity contribution is 0.600. The number of nitrogens with one attached hydrogen (secondary N) is 1. The van der Waals surface area contributed by atoms with Crippen molar-refractivity contribution in [3.05, 3.63) is 58.1 Å². The van der Waals surface area contributed by atoms with Crippen LogP contribution in [-0.2, 0) is 15.8 Å². The van der Waals surface area contributed by atoms with Gasteiger partial charge in [0.2, 0.25) is 10.0 Å². The predicted octanol–water partition coefficient (Wildman–Crippen LogP) is 3.28. The topological polar surface area (TPSA) is 72.2 Å². The smallest absolute Gasteiger partial charge is 0.236 e. The fraction of sp³-hybridized carbons (Fsp3) is 0.143. The summed E-state index contributed by atoms with van der Waals surface area (Å²) in [6, 6.07) is 12.2. The van der Waals surface area contributed by atoms with Gasteiger partial charge in [-0.1, -0.05) is 40.2 Å². The average Bonchev–Trinajstić information content (AvgIpc) is 2.36. The summed E-state index contributed by atoms with van der Waals surface area (Å²) in [6.45, 7) is 1.94. The lowest BCUT2D eigenvalue weighted by Crippen LogP contribution is -2.16. The summed E-state index contributed by atoms with van der Waals surface area (Å²) >= 11 is 3.38. The number of anilines is 2. The maximum absolute atomic E-state index is 12.1. The second kappa shape index (κ2) is 5.85. The molecule has 2 rings (SSSR count). The van der Waals surface area contributed by atoms with Gasteiger partial charge >= 0.3 is 0 Å². The van der Waals surface area contributed by atoms with E-state index < -0.39 is 10.0 Å². The van der Waals surface area contributed by atoms with Crippen LogP contribution in [0.5, 0.6) is 0 Å². The van der Waals surface area contributed by atoms with E-state index in [1.54, 1.807) is 36.4 Å². The van der Waals surface area contributed by atoms with Crippen LogP contribution in [0.2, 0.25) is 0 Å². The number of hydrogen-bond donors (Lipinski definition) is 2. The first-order chi connectivity index (χ1) is 9.37. The van der Waals surface area contributed by atoms with Crippen molar-refractivity contribution in [3.8, 4) is 0 Å². The third kappa shape index (κ3) is 3.74. The Bertz CT molecular complexity index is 730. The van der Waals surface area contributed by atoms with E-state index in [9.17, 15) is 8.42 Å². The lowest BCUT2D eigenvalue weighted by atomic mass is 10.2. The summed E-state index contributed by atoms with van der Waals surface area (Å²) in [4.78, 5) is 0. The predicted molar refractivity (Wildman–Crippen MR) is 86.0 cm³/mol. The Balaban J connectivity index is 2.19. The second-order valence-corrected chi connectivity index (χ2v) is 7.10. The molecular weight excluding hydrogens is 340 g/mol.